The van der Waals surface area contributed by atoms with E-state index in [9.17, 15) is 0 Å². The largest absolute Gasteiger partial charge is 0.249 e. The molecule has 0 radical (unpaired) electrons. The second kappa shape index (κ2) is 6.67. The molecule has 1 nitrogen and oxygen atoms in total. The predicted molar refractivity (Wildman–Crippen MR) is 96.9 cm³/mol. The average molecular weight is 326 g/mol. The third-order valence-electron chi connectivity index (χ3n) is 3.52. The lowest BCUT2D eigenvalue weighted by Gasteiger charge is -2.12. The molecule has 1 heterocycles. The Morgan fingerprint density at radius 2 is 1.77 bits per heavy atom. The minimum atomic E-state index is 0.520. The molecule has 112 valence electrons. The highest BCUT2D eigenvalue weighted by molar-refractivity contribution is 8.01. The summed E-state index contributed by atoms with van der Waals surface area (Å²) in [5, 5.41) is 1.12. The lowest BCUT2D eigenvalue weighted by molar-refractivity contribution is 0.863. The number of thiazole rings is 1. The van der Waals surface area contributed by atoms with E-state index in [4.69, 9.17) is 0 Å². The van der Waals surface area contributed by atoms with Gasteiger partial charge >= 0.3 is 0 Å². The van der Waals surface area contributed by atoms with Crippen molar-refractivity contribution < 1.29 is 0 Å². The molecule has 0 atom stereocenters. The van der Waals surface area contributed by atoms with E-state index in [0.29, 0.717) is 5.92 Å². The van der Waals surface area contributed by atoms with Gasteiger partial charge in [-0.25, -0.2) is 4.98 Å². The first-order chi connectivity index (χ1) is 10.6. The Morgan fingerprint density at radius 1 is 1.00 bits per heavy atom. The van der Waals surface area contributed by atoms with Crippen LogP contribution in [0.5, 0.6) is 0 Å². The van der Waals surface area contributed by atoms with Crippen molar-refractivity contribution in [1.29, 1.82) is 0 Å². The molecule has 0 saturated carbocycles. The third kappa shape index (κ3) is 3.60. The van der Waals surface area contributed by atoms with Crippen molar-refractivity contribution >= 4 is 23.1 Å². The molecule has 0 unspecified atom stereocenters. The molecule has 0 N–H and O–H groups in total. The minimum absolute atomic E-state index is 0.520. The summed E-state index contributed by atoms with van der Waals surface area (Å²) in [6.45, 7) is 6.54. The molecule has 0 aliphatic rings. The lowest BCUT2D eigenvalue weighted by atomic mass is 9.97. The van der Waals surface area contributed by atoms with Gasteiger partial charge in [-0.15, -0.1) is 11.3 Å². The standard InChI is InChI=1S/C19H19NS2/c1-13(2)16-9-17(15-7-5-4-6-8-15)11-18(10-16)22-19-12-20-14(3)21-19/h4-13H,1-3H3. The zero-order valence-electron chi connectivity index (χ0n) is 13.0. The fraction of sp³-hybridized carbons (Fsp3) is 0.211. The number of aromatic nitrogens is 1. The van der Waals surface area contributed by atoms with Gasteiger partial charge in [-0.1, -0.05) is 62.0 Å². The van der Waals surface area contributed by atoms with Gasteiger partial charge in [-0.2, -0.15) is 0 Å². The van der Waals surface area contributed by atoms with Crippen LogP contribution in [-0.4, -0.2) is 4.98 Å². The molecule has 0 aliphatic carbocycles. The molecule has 3 aromatic rings. The van der Waals surface area contributed by atoms with Crippen LogP contribution in [0.25, 0.3) is 11.1 Å². The zero-order valence-corrected chi connectivity index (χ0v) is 14.7. The van der Waals surface area contributed by atoms with Crippen molar-refractivity contribution in [2.75, 3.05) is 0 Å². The van der Waals surface area contributed by atoms with Crippen LogP contribution >= 0.6 is 23.1 Å². The molecule has 3 rings (SSSR count). The molecule has 0 fully saturated rings. The van der Waals surface area contributed by atoms with Crippen LogP contribution in [0, 0.1) is 6.92 Å². The first-order valence-electron chi connectivity index (χ1n) is 7.42. The van der Waals surface area contributed by atoms with Gasteiger partial charge in [-0.05, 0) is 41.7 Å². The Hall–Kier alpha value is -1.58. The molecule has 1 aromatic heterocycles. The van der Waals surface area contributed by atoms with E-state index in [2.05, 4.69) is 74.3 Å². The van der Waals surface area contributed by atoms with E-state index in [1.54, 1.807) is 23.1 Å². The SMILES string of the molecule is Cc1ncc(Sc2cc(-c3ccccc3)cc(C(C)C)c2)s1. The van der Waals surface area contributed by atoms with Crippen molar-refractivity contribution in [2.24, 2.45) is 0 Å². The Bertz CT molecular complexity index is 760. The van der Waals surface area contributed by atoms with Crippen LogP contribution in [0.3, 0.4) is 0 Å². The summed E-state index contributed by atoms with van der Waals surface area (Å²) < 4.78 is 1.25. The first kappa shape index (κ1) is 15.3. The highest BCUT2D eigenvalue weighted by Crippen LogP contribution is 2.36. The normalized spacial score (nSPS) is 11.1. The zero-order chi connectivity index (χ0) is 15.5. The van der Waals surface area contributed by atoms with Crippen LogP contribution < -0.4 is 0 Å². The predicted octanol–water partition coefficient (Wildman–Crippen LogP) is 6.39. The van der Waals surface area contributed by atoms with Crippen LogP contribution in [0.15, 0.2) is 63.8 Å². The maximum absolute atomic E-state index is 4.35. The first-order valence-corrected chi connectivity index (χ1v) is 9.06. The molecule has 0 amide bonds. The van der Waals surface area contributed by atoms with Crippen molar-refractivity contribution in [3.8, 4) is 11.1 Å². The maximum atomic E-state index is 4.35. The number of hydrogen-bond acceptors (Lipinski definition) is 3. The fourth-order valence-corrected chi connectivity index (χ4v) is 4.35. The molecule has 3 heteroatoms. The van der Waals surface area contributed by atoms with E-state index < -0.39 is 0 Å². The van der Waals surface area contributed by atoms with E-state index in [1.165, 1.54) is 25.8 Å². The molecule has 0 aliphatic heterocycles. The second-order valence-corrected chi connectivity index (χ2v) is 8.22. The number of rotatable bonds is 4. The van der Waals surface area contributed by atoms with Crippen LogP contribution in [-0.2, 0) is 0 Å². The summed E-state index contributed by atoms with van der Waals surface area (Å²) in [4.78, 5) is 5.63. The van der Waals surface area contributed by atoms with E-state index in [-0.39, 0.29) is 0 Å². The monoisotopic (exact) mass is 325 g/mol. The topological polar surface area (TPSA) is 12.9 Å². The van der Waals surface area contributed by atoms with E-state index in [0.717, 1.165) is 5.01 Å². The number of hydrogen-bond donors (Lipinski definition) is 0. The summed E-state index contributed by atoms with van der Waals surface area (Å²) >= 11 is 3.56. The van der Waals surface area contributed by atoms with Gasteiger partial charge < -0.3 is 0 Å². The summed E-state index contributed by atoms with van der Waals surface area (Å²) in [5.74, 6) is 0.520. The number of benzene rings is 2. The van der Waals surface area contributed by atoms with Crippen LogP contribution in [0.2, 0.25) is 0 Å². The molecule has 0 spiro atoms. The molecular weight excluding hydrogens is 306 g/mol. The molecular formula is C19H19NS2. The molecule has 22 heavy (non-hydrogen) atoms. The van der Waals surface area contributed by atoms with Crippen molar-refractivity contribution in [3.05, 3.63) is 65.3 Å². The van der Waals surface area contributed by atoms with Gasteiger partial charge in [0.15, 0.2) is 0 Å². The van der Waals surface area contributed by atoms with Crippen molar-refractivity contribution in [1.82, 2.24) is 4.98 Å². The van der Waals surface area contributed by atoms with Gasteiger partial charge in [0.25, 0.3) is 0 Å². The summed E-state index contributed by atoms with van der Waals surface area (Å²) in [6.07, 6.45) is 1.97. The van der Waals surface area contributed by atoms with Crippen LogP contribution in [0.1, 0.15) is 30.3 Å². The van der Waals surface area contributed by atoms with Gasteiger partial charge in [0.2, 0.25) is 0 Å². The Balaban J connectivity index is 2.00. The van der Waals surface area contributed by atoms with Crippen molar-refractivity contribution in [3.63, 3.8) is 0 Å². The molecule has 2 aromatic carbocycles. The summed E-state index contributed by atoms with van der Waals surface area (Å²) in [5.41, 5.74) is 3.94. The smallest absolute Gasteiger partial charge is 0.0906 e. The van der Waals surface area contributed by atoms with Gasteiger partial charge in [-0.3, -0.25) is 0 Å². The van der Waals surface area contributed by atoms with Gasteiger partial charge in [0.1, 0.15) is 0 Å². The Kier molecular flexibility index (Phi) is 4.65. The molecule has 0 saturated heterocycles. The Morgan fingerprint density at radius 3 is 2.41 bits per heavy atom. The van der Waals surface area contributed by atoms with Gasteiger partial charge in [0.05, 0.1) is 15.4 Å². The second-order valence-electron chi connectivity index (χ2n) is 5.61. The summed E-state index contributed by atoms with van der Waals surface area (Å²) in [7, 11) is 0. The van der Waals surface area contributed by atoms with Gasteiger partial charge in [0, 0.05) is 4.90 Å². The lowest BCUT2D eigenvalue weighted by Crippen LogP contribution is -1.90. The highest BCUT2D eigenvalue weighted by atomic mass is 32.2. The summed E-state index contributed by atoms with van der Waals surface area (Å²) in [6, 6.07) is 17.5. The van der Waals surface area contributed by atoms with Crippen molar-refractivity contribution in [2.45, 2.75) is 35.8 Å². The quantitative estimate of drug-likeness (QED) is 0.551. The Labute approximate surface area is 140 Å². The van der Waals surface area contributed by atoms with E-state index >= 15 is 0 Å². The van der Waals surface area contributed by atoms with E-state index in [1.807, 2.05) is 6.20 Å². The molecule has 0 bridgehead atoms. The maximum Gasteiger partial charge on any atom is 0.0906 e. The van der Waals surface area contributed by atoms with Crippen LogP contribution in [0.4, 0.5) is 0 Å². The highest BCUT2D eigenvalue weighted by Gasteiger charge is 2.08. The number of aryl methyl sites for hydroxylation is 1. The fourth-order valence-electron chi connectivity index (χ4n) is 2.32. The number of nitrogens with zero attached hydrogens (tertiary/aromatic N) is 1. The minimum Gasteiger partial charge on any atom is -0.249 e. The third-order valence-corrected chi connectivity index (χ3v) is 5.51. The average Bonchev–Trinajstić information content (AvgIpc) is 2.93.